The lowest BCUT2D eigenvalue weighted by atomic mass is 10.3. The lowest BCUT2D eigenvalue weighted by molar-refractivity contribution is 0.487. The first-order chi connectivity index (χ1) is 5.04. The first-order valence-corrected chi connectivity index (χ1v) is 4.39. The van der Waals surface area contributed by atoms with E-state index in [0.717, 1.165) is 0 Å². The molecular weight excluding hydrogens is 336 g/mol. The van der Waals surface area contributed by atoms with E-state index in [1.54, 1.807) is 22.6 Å². The molecule has 1 aromatic carbocycles. The Hall–Kier alpha value is 0.220. The monoisotopic (exact) mass is 336 g/mol. The molecule has 0 aliphatic carbocycles. The molecule has 1 rings (SSSR count). The summed E-state index contributed by atoms with van der Waals surface area (Å²) in [5.41, 5.74) is 0. The summed E-state index contributed by atoms with van der Waals surface area (Å²) in [4.78, 5) is 0. The summed E-state index contributed by atoms with van der Waals surface area (Å²) in [6, 6.07) is 0.516. The summed E-state index contributed by atoms with van der Waals surface area (Å²) < 4.78 is 37.4. The minimum atomic E-state index is -1.19. The van der Waals surface area contributed by atoms with E-state index in [1.165, 1.54) is 0 Å². The van der Waals surface area contributed by atoms with Crippen molar-refractivity contribution < 1.29 is 13.2 Å². The molecule has 5 heteroatoms. The molecule has 0 saturated heterocycles. The lowest BCUT2D eigenvalue weighted by Crippen LogP contribution is -1.92. The molecule has 0 heterocycles. The Balaban J connectivity index is 3.46. The van der Waals surface area contributed by atoms with Gasteiger partial charge in [-0.15, -0.1) is 0 Å². The van der Waals surface area contributed by atoms with Gasteiger partial charge in [0, 0.05) is 6.07 Å². The molecule has 0 aliphatic rings. The number of hydrogen-bond acceptors (Lipinski definition) is 0. The van der Waals surface area contributed by atoms with Crippen molar-refractivity contribution in [2.45, 2.75) is 0 Å². The number of benzene rings is 1. The predicted octanol–water partition coefficient (Wildman–Crippen LogP) is 3.47. The van der Waals surface area contributed by atoms with Crippen LogP contribution in [0.15, 0.2) is 10.5 Å². The van der Waals surface area contributed by atoms with E-state index in [1.807, 2.05) is 0 Å². The summed E-state index contributed by atoms with van der Waals surface area (Å²) >= 11 is 4.30. The molecule has 0 spiro atoms. The molecule has 60 valence electrons. The van der Waals surface area contributed by atoms with Crippen LogP contribution in [0, 0.1) is 21.0 Å². The van der Waals surface area contributed by atoms with Crippen LogP contribution in [0.5, 0.6) is 0 Å². The van der Waals surface area contributed by atoms with Gasteiger partial charge in [-0.3, -0.25) is 0 Å². The fourth-order valence-electron chi connectivity index (χ4n) is 0.544. The smallest absolute Gasteiger partial charge is 0.174 e. The molecule has 0 unspecified atom stereocenters. The standard InChI is InChI=1S/C6HBrF3I/c7-4-5(10)2(8)1-3(9)6(4)11/h1H. The van der Waals surface area contributed by atoms with E-state index >= 15 is 0 Å². The molecule has 0 N–H and O–H groups in total. The molecule has 0 fully saturated rings. The maximum atomic E-state index is 12.6. The van der Waals surface area contributed by atoms with Crippen LogP contribution in [0.25, 0.3) is 0 Å². The average Bonchev–Trinajstić information content (AvgIpc) is 1.97. The van der Waals surface area contributed by atoms with Gasteiger partial charge in [-0.1, -0.05) is 0 Å². The second-order valence-electron chi connectivity index (χ2n) is 1.78. The van der Waals surface area contributed by atoms with Gasteiger partial charge >= 0.3 is 0 Å². The average molecular weight is 337 g/mol. The highest BCUT2D eigenvalue weighted by Crippen LogP contribution is 2.26. The van der Waals surface area contributed by atoms with E-state index in [2.05, 4.69) is 15.9 Å². The fraction of sp³-hybridized carbons (Fsp3) is 0. The molecule has 0 saturated carbocycles. The maximum Gasteiger partial charge on any atom is 0.174 e. The van der Waals surface area contributed by atoms with Crippen LogP contribution >= 0.6 is 38.5 Å². The molecule has 0 aliphatic heterocycles. The Labute approximate surface area is 83.1 Å². The van der Waals surface area contributed by atoms with Crippen LogP contribution in [-0.2, 0) is 0 Å². The third-order valence-electron chi connectivity index (χ3n) is 1.06. The molecule has 0 radical (unpaired) electrons. The topological polar surface area (TPSA) is 0 Å². The molecule has 0 amide bonds. The van der Waals surface area contributed by atoms with Crippen LogP contribution < -0.4 is 0 Å². The third kappa shape index (κ3) is 1.69. The van der Waals surface area contributed by atoms with E-state index in [4.69, 9.17) is 0 Å². The highest BCUT2D eigenvalue weighted by molar-refractivity contribution is 14.1. The Morgan fingerprint density at radius 1 is 1.18 bits per heavy atom. The van der Waals surface area contributed by atoms with Gasteiger partial charge in [0.25, 0.3) is 0 Å². The minimum absolute atomic E-state index is 0.0431. The highest BCUT2D eigenvalue weighted by atomic mass is 127. The normalized spacial score (nSPS) is 10.3. The molecule has 1 aromatic rings. The second-order valence-corrected chi connectivity index (χ2v) is 3.65. The van der Waals surface area contributed by atoms with Gasteiger partial charge in [0.05, 0.1) is 8.04 Å². The molecule has 0 bridgehead atoms. The van der Waals surface area contributed by atoms with Crippen molar-refractivity contribution in [2.75, 3.05) is 0 Å². The predicted molar refractivity (Wildman–Crippen MR) is 46.7 cm³/mol. The van der Waals surface area contributed by atoms with E-state index in [-0.39, 0.29) is 8.04 Å². The molecule has 0 aromatic heterocycles. The lowest BCUT2D eigenvalue weighted by Gasteiger charge is -1.99. The Morgan fingerprint density at radius 2 is 1.73 bits per heavy atom. The van der Waals surface area contributed by atoms with Gasteiger partial charge < -0.3 is 0 Å². The second kappa shape index (κ2) is 3.30. The zero-order valence-electron chi connectivity index (χ0n) is 4.97. The van der Waals surface area contributed by atoms with Crippen molar-refractivity contribution in [1.82, 2.24) is 0 Å². The Morgan fingerprint density at radius 3 is 2.27 bits per heavy atom. The number of halogens is 5. The van der Waals surface area contributed by atoms with Crippen molar-refractivity contribution in [2.24, 2.45) is 0 Å². The summed E-state index contributed by atoms with van der Waals surface area (Å²) in [5.74, 6) is -3.01. The highest BCUT2D eigenvalue weighted by Gasteiger charge is 2.13. The maximum absolute atomic E-state index is 12.6. The quantitative estimate of drug-likeness (QED) is 0.386. The zero-order chi connectivity index (χ0) is 8.59. The largest absolute Gasteiger partial charge is 0.206 e. The number of hydrogen-bond donors (Lipinski definition) is 0. The molecule has 0 nitrogen and oxygen atoms in total. The van der Waals surface area contributed by atoms with Crippen LogP contribution in [0.1, 0.15) is 0 Å². The van der Waals surface area contributed by atoms with Crippen molar-refractivity contribution in [3.8, 4) is 0 Å². The third-order valence-corrected chi connectivity index (χ3v) is 3.60. The zero-order valence-corrected chi connectivity index (χ0v) is 8.71. The Bertz CT molecular complexity index is 274. The van der Waals surface area contributed by atoms with Gasteiger partial charge in [-0.05, 0) is 38.5 Å². The summed E-state index contributed by atoms with van der Waals surface area (Å²) in [6.45, 7) is 0. The van der Waals surface area contributed by atoms with Gasteiger partial charge in [0.15, 0.2) is 11.6 Å². The summed E-state index contributed by atoms with van der Waals surface area (Å²) in [5, 5.41) is 0. The van der Waals surface area contributed by atoms with Crippen LogP contribution in [-0.4, -0.2) is 0 Å². The van der Waals surface area contributed by atoms with E-state index in [9.17, 15) is 13.2 Å². The minimum Gasteiger partial charge on any atom is -0.206 e. The van der Waals surface area contributed by atoms with E-state index < -0.39 is 17.5 Å². The summed E-state index contributed by atoms with van der Waals surface area (Å²) in [6.07, 6.45) is 0. The summed E-state index contributed by atoms with van der Waals surface area (Å²) in [7, 11) is 0. The SMILES string of the molecule is Fc1cc(F)c(I)c(Br)c1F. The van der Waals surface area contributed by atoms with Crippen LogP contribution in [0.3, 0.4) is 0 Å². The van der Waals surface area contributed by atoms with Crippen molar-refractivity contribution in [3.05, 3.63) is 31.6 Å². The van der Waals surface area contributed by atoms with Gasteiger partial charge in [-0.25, -0.2) is 13.2 Å². The van der Waals surface area contributed by atoms with Crippen LogP contribution in [0.4, 0.5) is 13.2 Å². The van der Waals surface area contributed by atoms with Crippen LogP contribution in [0.2, 0.25) is 0 Å². The first-order valence-electron chi connectivity index (χ1n) is 2.52. The Kier molecular flexibility index (Phi) is 2.79. The van der Waals surface area contributed by atoms with Crippen molar-refractivity contribution in [1.29, 1.82) is 0 Å². The fourth-order valence-corrected chi connectivity index (χ4v) is 1.32. The van der Waals surface area contributed by atoms with Gasteiger partial charge in [0.2, 0.25) is 0 Å². The number of rotatable bonds is 0. The van der Waals surface area contributed by atoms with Crippen molar-refractivity contribution >= 4 is 38.5 Å². The van der Waals surface area contributed by atoms with Crippen molar-refractivity contribution in [3.63, 3.8) is 0 Å². The molecule has 11 heavy (non-hydrogen) atoms. The molecular formula is C6HBrF3I. The first kappa shape index (κ1) is 9.31. The molecule has 0 atom stereocenters. The van der Waals surface area contributed by atoms with Gasteiger partial charge in [0.1, 0.15) is 5.82 Å². The van der Waals surface area contributed by atoms with E-state index in [0.29, 0.717) is 6.07 Å². The van der Waals surface area contributed by atoms with Gasteiger partial charge in [-0.2, -0.15) is 0 Å².